The van der Waals surface area contributed by atoms with Crippen LogP contribution in [0.4, 0.5) is 9.52 Å². The van der Waals surface area contributed by atoms with Crippen LogP contribution in [0.5, 0.6) is 17.2 Å². The Kier molecular flexibility index (Phi) is 8.27. The van der Waals surface area contributed by atoms with Crippen molar-refractivity contribution in [3.05, 3.63) is 82.7 Å². The average Bonchev–Trinajstić information content (AvgIpc) is 3.67. The molecule has 1 saturated heterocycles. The van der Waals surface area contributed by atoms with Crippen molar-refractivity contribution >= 4 is 44.1 Å². The Morgan fingerprint density at radius 2 is 1.91 bits per heavy atom. The largest absolute Gasteiger partial charge is 0.507 e. The number of hydrogen-bond acceptors (Lipinski definition) is 8. The molecule has 4 aromatic rings. The van der Waals surface area contributed by atoms with Crippen LogP contribution in [0.15, 0.2) is 60.2 Å². The second kappa shape index (κ2) is 12.3. The molecule has 0 bridgehead atoms. The van der Waals surface area contributed by atoms with Gasteiger partial charge in [0, 0.05) is 12.0 Å². The van der Waals surface area contributed by atoms with Gasteiger partial charge >= 0.3 is 5.91 Å². The monoisotopic (exact) mass is 616 g/mol. The highest BCUT2D eigenvalue weighted by molar-refractivity contribution is 7.22. The van der Waals surface area contributed by atoms with Crippen LogP contribution in [0.3, 0.4) is 0 Å². The molecule has 6 rings (SSSR count). The number of carbonyl (C=O) groups is 2. The van der Waals surface area contributed by atoms with Crippen molar-refractivity contribution in [2.45, 2.75) is 58.6 Å². The number of ether oxygens (including phenoxy) is 3. The highest BCUT2D eigenvalue weighted by Crippen LogP contribution is 2.46. The third-order valence-electron chi connectivity index (χ3n) is 7.75. The van der Waals surface area contributed by atoms with E-state index in [2.05, 4.69) is 11.9 Å². The average molecular weight is 617 g/mol. The molecular weight excluding hydrogens is 583 g/mol. The Morgan fingerprint density at radius 1 is 1.07 bits per heavy atom. The third kappa shape index (κ3) is 5.50. The topological polar surface area (TPSA) is 98.2 Å². The minimum atomic E-state index is -1.03. The number of rotatable bonds is 10. The first-order valence-electron chi connectivity index (χ1n) is 14.9. The smallest absolute Gasteiger partial charge is 0.301 e. The van der Waals surface area contributed by atoms with Crippen LogP contribution in [0.2, 0.25) is 0 Å². The normalized spacial score (nSPS) is 19.0. The van der Waals surface area contributed by atoms with Gasteiger partial charge in [0.05, 0.1) is 35.0 Å². The van der Waals surface area contributed by atoms with Gasteiger partial charge in [0.15, 0.2) is 16.6 Å². The van der Waals surface area contributed by atoms with Gasteiger partial charge in [-0.25, -0.2) is 9.37 Å². The number of anilines is 1. The van der Waals surface area contributed by atoms with Gasteiger partial charge in [-0.3, -0.25) is 14.5 Å². The van der Waals surface area contributed by atoms with Crippen LogP contribution in [0.1, 0.15) is 62.8 Å². The lowest BCUT2D eigenvalue weighted by atomic mass is 9.94. The molecule has 8 nitrogen and oxygen atoms in total. The number of aliphatic hydroxyl groups is 1. The van der Waals surface area contributed by atoms with Gasteiger partial charge in [-0.15, -0.1) is 0 Å². The molecular formula is C34H33FN2O6S. The van der Waals surface area contributed by atoms with Crippen molar-refractivity contribution in [1.29, 1.82) is 0 Å². The van der Waals surface area contributed by atoms with Crippen molar-refractivity contribution in [3.8, 4) is 17.2 Å². The van der Waals surface area contributed by atoms with Crippen LogP contribution in [-0.4, -0.2) is 41.1 Å². The van der Waals surface area contributed by atoms with E-state index in [0.717, 1.165) is 41.9 Å². The van der Waals surface area contributed by atoms with Gasteiger partial charge in [0.2, 0.25) is 0 Å². The predicted molar refractivity (Wildman–Crippen MR) is 167 cm³/mol. The molecule has 44 heavy (non-hydrogen) atoms. The highest BCUT2D eigenvalue weighted by atomic mass is 32.1. The summed E-state index contributed by atoms with van der Waals surface area (Å²) in [6.07, 6.45) is 3.65. The summed E-state index contributed by atoms with van der Waals surface area (Å²) in [7, 11) is 0. The Bertz CT molecular complexity index is 1780. The number of ketones is 1. The first-order valence-corrected chi connectivity index (χ1v) is 15.7. The maximum absolute atomic E-state index is 14.0. The van der Waals surface area contributed by atoms with E-state index in [9.17, 15) is 19.1 Å². The number of aromatic nitrogens is 1. The molecule has 10 heteroatoms. The zero-order valence-corrected chi connectivity index (χ0v) is 25.6. The standard InChI is InChI=1S/C34H33FN2O6S/c1-4-6-7-14-42-26-13-8-20(17-27(26)41-5-2)30-29(31(38)21-9-12-25-22(16-21)15-19(3)43-25)32(39)33(40)37(30)34-36-24-11-10-23(35)18-28(24)44-34/h8-13,16-19,30,38H,4-7,14-15H2,1-3H3/t19-,30+/m0/s1. The van der Waals surface area contributed by atoms with Gasteiger partial charge in [-0.1, -0.05) is 37.2 Å². The number of thiazole rings is 1. The summed E-state index contributed by atoms with van der Waals surface area (Å²) in [6.45, 7) is 6.83. The summed E-state index contributed by atoms with van der Waals surface area (Å²) in [5.41, 5.74) is 2.25. The number of amides is 1. The first-order chi connectivity index (χ1) is 21.3. The van der Waals surface area contributed by atoms with E-state index < -0.39 is 23.5 Å². The van der Waals surface area contributed by atoms with Gasteiger partial charge in [0.1, 0.15) is 23.4 Å². The quantitative estimate of drug-likeness (QED) is 0.0861. The van der Waals surface area contributed by atoms with Crippen molar-refractivity contribution < 1.29 is 33.3 Å². The molecule has 1 fully saturated rings. The molecule has 1 N–H and O–H groups in total. The molecule has 2 aliphatic heterocycles. The maximum Gasteiger partial charge on any atom is 0.301 e. The number of unbranched alkanes of at least 4 members (excludes halogenated alkanes) is 2. The lowest BCUT2D eigenvalue weighted by Gasteiger charge is -2.24. The second-order valence-electron chi connectivity index (χ2n) is 10.9. The fourth-order valence-corrected chi connectivity index (χ4v) is 6.69. The number of carbonyl (C=O) groups excluding carboxylic acids is 2. The summed E-state index contributed by atoms with van der Waals surface area (Å²) in [4.78, 5) is 33.3. The minimum Gasteiger partial charge on any atom is -0.507 e. The fraction of sp³-hybridized carbons (Fsp3) is 0.324. The van der Waals surface area contributed by atoms with E-state index in [4.69, 9.17) is 14.2 Å². The first kappa shape index (κ1) is 29.6. The van der Waals surface area contributed by atoms with Gasteiger partial charge < -0.3 is 19.3 Å². The molecule has 1 aromatic heterocycles. The van der Waals surface area contributed by atoms with Crippen LogP contribution in [0, 0.1) is 5.82 Å². The number of hydrogen-bond donors (Lipinski definition) is 1. The Morgan fingerprint density at radius 3 is 2.70 bits per heavy atom. The minimum absolute atomic E-state index is 0.00320. The lowest BCUT2D eigenvalue weighted by Crippen LogP contribution is -2.29. The van der Waals surface area contributed by atoms with Crippen LogP contribution in [-0.2, 0) is 16.0 Å². The van der Waals surface area contributed by atoms with Crippen molar-refractivity contribution in [2.24, 2.45) is 0 Å². The molecule has 2 atom stereocenters. The Labute approximate surface area is 258 Å². The van der Waals surface area contributed by atoms with E-state index in [1.54, 1.807) is 36.4 Å². The van der Waals surface area contributed by atoms with Crippen LogP contribution in [0.25, 0.3) is 16.0 Å². The van der Waals surface area contributed by atoms with Crippen molar-refractivity contribution in [1.82, 2.24) is 4.98 Å². The Hall–Kier alpha value is -4.44. The van der Waals surface area contributed by atoms with E-state index in [1.165, 1.54) is 23.1 Å². The molecule has 3 aromatic carbocycles. The van der Waals surface area contributed by atoms with E-state index >= 15 is 0 Å². The van der Waals surface area contributed by atoms with Gasteiger partial charge in [-0.05, 0) is 79.9 Å². The number of nitrogens with zero attached hydrogens (tertiary/aromatic N) is 2. The van der Waals surface area contributed by atoms with E-state index in [0.29, 0.717) is 52.5 Å². The number of Topliss-reactive ketones (excluding diaryl/α,β-unsaturated/α-hetero) is 1. The maximum atomic E-state index is 14.0. The number of fused-ring (bicyclic) bond motifs is 2. The highest BCUT2D eigenvalue weighted by Gasteiger charge is 2.48. The van der Waals surface area contributed by atoms with Gasteiger partial charge in [-0.2, -0.15) is 0 Å². The summed E-state index contributed by atoms with van der Waals surface area (Å²) in [5.74, 6) is -0.689. The summed E-state index contributed by atoms with van der Waals surface area (Å²) < 4.78 is 32.3. The zero-order valence-electron chi connectivity index (χ0n) is 24.8. The predicted octanol–water partition coefficient (Wildman–Crippen LogP) is 7.35. The SMILES string of the molecule is CCCCCOc1ccc([C@@H]2C(=C(O)c3ccc4c(c3)C[C@H](C)O4)C(=O)C(=O)N2c2nc3ccc(F)cc3s2)cc1OCC. The molecule has 0 radical (unpaired) electrons. The summed E-state index contributed by atoms with van der Waals surface area (Å²) >= 11 is 1.10. The molecule has 0 unspecified atom stereocenters. The number of benzene rings is 3. The van der Waals surface area contributed by atoms with E-state index in [1.807, 2.05) is 13.8 Å². The number of halogens is 1. The molecule has 3 heterocycles. The van der Waals surface area contributed by atoms with Gasteiger partial charge in [0.25, 0.3) is 5.78 Å². The van der Waals surface area contributed by atoms with Crippen LogP contribution >= 0.6 is 11.3 Å². The molecule has 228 valence electrons. The Balaban J connectivity index is 1.49. The lowest BCUT2D eigenvalue weighted by molar-refractivity contribution is -0.132. The number of aliphatic hydroxyl groups excluding tert-OH is 1. The fourth-order valence-electron chi connectivity index (χ4n) is 5.68. The van der Waals surface area contributed by atoms with E-state index in [-0.39, 0.29) is 22.6 Å². The van der Waals surface area contributed by atoms with Crippen molar-refractivity contribution in [3.63, 3.8) is 0 Å². The molecule has 0 saturated carbocycles. The summed E-state index contributed by atoms with van der Waals surface area (Å²) in [5, 5.41) is 11.9. The molecule has 2 aliphatic rings. The molecule has 0 aliphatic carbocycles. The van der Waals surface area contributed by atoms with Crippen LogP contribution < -0.4 is 19.1 Å². The van der Waals surface area contributed by atoms with Crippen molar-refractivity contribution in [2.75, 3.05) is 18.1 Å². The molecule has 1 amide bonds. The summed E-state index contributed by atoms with van der Waals surface area (Å²) in [6, 6.07) is 13.6. The third-order valence-corrected chi connectivity index (χ3v) is 8.77. The molecule has 0 spiro atoms. The second-order valence-corrected chi connectivity index (χ2v) is 11.9. The zero-order chi connectivity index (χ0) is 31.0.